The van der Waals surface area contributed by atoms with Crippen molar-refractivity contribution in [3.63, 3.8) is 0 Å². The van der Waals surface area contributed by atoms with Crippen LogP contribution in [-0.4, -0.2) is 39.7 Å². The van der Waals surface area contributed by atoms with E-state index >= 15 is 0 Å². The van der Waals surface area contributed by atoms with Crippen LogP contribution < -0.4 is 4.74 Å². The lowest BCUT2D eigenvalue weighted by Crippen LogP contribution is -2.25. The van der Waals surface area contributed by atoms with Crippen LogP contribution in [0.4, 0.5) is 4.39 Å². The van der Waals surface area contributed by atoms with Gasteiger partial charge in [0.1, 0.15) is 24.8 Å². The molecule has 164 valence electrons. The van der Waals surface area contributed by atoms with Crippen LogP contribution in [0.15, 0.2) is 55.0 Å². The second-order valence-electron chi connectivity index (χ2n) is 7.80. The molecule has 8 heteroatoms. The molecule has 0 fully saturated rings. The van der Waals surface area contributed by atoms with Crippen LogP contribution in [0.25, 0.3) is 16.6 Å². The van der Waals surface area contributed by atoms with Crippen molar-refractivity contribution < 1.29 is 13.9 Å². The molecule has 0 amide bonds. The van der Waals surface area contributed by atoms with Gasteiger partial charge in [-0.3, -0.25) is 4.90 Å². The van der Waals surface area contributed by atoms with Crippen LogP contribution in [0.3, 0.4) is 0 Å². The van der Waals surface area contributed by atoms with Gasteiger partial charge in [0, 0.05) is 67.5 Å². The van der Waals surface area contributed by atoms with Crippen molar-refractivity contribution in [2.24, 2.45) is 0 Å². The maximum absolute atomic E-state index is 13.6. The Morgan fingerprint density at radius 1 is 1.16 bits per heavy atom. The van der Waals surface area contributed by atoms with Gasteiger partial charge in [-0.25, -0.2) is 14.4 Å². The molecule has 32 heavy (non-hydrogen) atoms. The number of aromatic nitrogens is 3. The Morgan fingerprint density at radius 2 is 2.00 bits per heavy atom. The van der Waals surface area contributed by atoms with Gasteiger partial charge >= 0.3 is 0 Å². The van der Waals surface area contributed by atoms with E-state index in [1.807, 2.05) is 35.3 Å². The Morgan fingerprint density at radius 3 is 2.81 bits per heavy atom. The number of benzene rings is 2. The lowest BCUT2D eigenvalue weighted by Gasteiger charge is -2.19. The van der Waals surface area contributed by atoms with Gasteiger partial charge in [0.15, 0.2) is 5.82 Å². The minimum absolute atomic E-state index is 0.251. The second-order valence-corrected chi connectivity index (χ2v) is 8.21. The average Bonchev–Trinajstić information content (AvgIpc) is 3.08. The van der Waals surface area contributed by atoms with Gasteiger partial charge in [0.2, 0.25) is 0 Å². The molecule has 2 aromatic heterocycles. The number of halogens is 2. The molecular weight excluding hydrogens is 431 g/mol. The summed E-state index contributed by atoms with van der Waals surface area (Å²) in [6.45, 7) is 3.07. The summed E-state index contributed by atoms with van der Waals surface area (Å²) in [5.74, 6) is 1.13. The number of methoxy groups -OCH3 is 1. The first-order valence-electron chi connectivity index (χ1n) is 10.3. The highest BCUT2D eigenvalue weighted by molar-refractivity contribution is 6.32. The fourth-order valence-electron chi connectivity index (χ4n) is 4.05. The molecule has 0 aliphatic carbocycles. The summed E-state index contributed by atoms with van der Waals surface area (Å²) >= 11 is 6.62. The van der Waals surface area contributed by atoms with Crippen molar-refractivity contribution in [1.29, 1.82) is 0 Å². The van der Waals surface area contributed by atoms with Gasteiger partial charge in [-0.05, 0) is 36.4 Å². The molecular formula is C24H22ClFN4O2. The van der Waals surface area contributed by atoms with E-state index in [4.69, 9.17) is 21.1 Å². The summed E-state index contributed by atoms with van der Waals surface area (Å²) in [4.78, 5) is 11.0. The van der Waals surface area contributed by atoms with E-state index in [0.717, 1.165) is 34.3 Å². The average molecular weight is 453 g/mol. The number of fused-ring (bicyclic) bond motifs is 2. The van der Waals surface area contributed by atoms with E-state index < -0.39 is 0 Å². The minimum Gasteiger partial charge on any atom is -0.490 e. The zero-order valence-corrected chi connectivity index (χ0v) is 18.3. The maximum Gasteiger partial charge on any atom is 0.153 e. The molecule has 1 aliphatic rings. The lowest BCUT2D eigenvalue weighted by molar-refractivity contribution is 0.177. The molecule has 0 atom stereocenters. The standard InChI is InChI=1S/C24H22ClFN4O2/c1-31-15-23-27-11-16(12-28-23)13-29-6-7-32-24-18(14-29)9-20(10-21(24)25)30-5-4-17-8-19(26)2-3-22(17)30/h2-5,8-12H,6-7,13-15H2,1H3. The Kier molecular flexibility index (Phi) is 5.78. The molecule has 0 bridgehead atoms. The van der Waals surface area contributed by atoms with Crippen molar-refractivity contribution in [2.45, 2.75) is 19.7 Å². The third kappa shape index (κ3) is 4.19. The minimum atomic E-state index is -0.251. The Bertz CT molecular complexity index is 1260. The van der Waals surface area contributed by atoms with Crippen LogP contribution in [-0.2, 0) is 24.4 Å². The molecule has 2 aromatic carbocycles. The predicted octanol–water partition coefficient (Wildman–Crippen LogP) is 4.75. The van der Waals surface area contributed by atoms with Gasteiger partial charge in [0.25, 0.3) is 0 Å². The van der Waals surface area contributed by atoms with E-state index in [1.165, 1.54) is 12.1 Å². The van der Waals surface area contributed by atoms with Crippen molar-refractivity contribution in [3.05, 3.63) is 82.8 Å². The molecule has 3 heterocycles. The SMILES string of the molecule is COCc1ncc(CN2CCOc3c(Cl)cc(-n4ccc5cc(F)ccc54)cc3C2)cn1. The number of hydrogen-bond acceptors (Lipinski definition) is 5. The summed E-state index contributed by atoms with van der Waals surface area (Å²) in [6, 6.07) is 10.6. The number of rotatable bonds is 5. The van der Waals surface area contributed by atoms with E-state index in [0.29, 0.717) is 42.9 Å². The Hall–Kier alpha value is -3.00. The van der Waals surface area contributed by atoms with Gasteiger partial charge in [0.05, 0.1) is 10.5 Å². The molecule has 5 rings (SSSR count). The first kappa shape index (κ1) is 20.9. The molecule has 1 aliphatic heterocycles. The summed E-state index contributed by atoms with van der Waals surface area (Å²) in [6.07, 6.45) is 5.60. The molecule has 6 nitrogen and oxygen atoms in total. The molecule has 0 saturated heterocycles. The highest BCUT2D eigenvalue weighted by Crippen LogP contribution is 2.35. The largest absolute Gasteiger partial charge is 0.490 e. The number of hydrogen-bond donors (Lipinski definition) is 0. The third-order valence-corrected chi connectivity index (χ3v) is 5.80. The number of ether oxygens (including phenoxy) is 2. The molecule has 4 aromatic rings. The van der Waals surface area contributed by atoms with Crippen LogP contribution in [0.5, 0.6) is 5.75 Å². The van der Waals surface area contributed by atoms with Gasteiger partial charge in [-0.1, -0.05) is 11.6 Å². The summed E-state index contributed by atoms with van der Waals surface area (Å²) in [5.41, 5.74) is 3.86. The van der Waals surface area contributed by atoms with Crippen LogP contribution >= 0.6 is 11.6 Å². The molecule has 0 N–H and O–H groups in total. The van der Waals surface area contributed by atoms with Crippen molar-refractivity contribution in [2.75, 3.05) is 20.3 Å². The smallest absolute Gasteiger partial charge is 0.153 e. The van der Waals surface area contributed by atoms with Crippen LogP contribution in [0.1, 0.15) is 17.0 Å². The first-order chi connectivity index (χ1) is 15.6. The van der Waals surface area contributed by atoms with Crippen molar-refractivity contribution in [3.8, 4) is 11.4 Å². The van der Waals surface area contributed by atoms with Gasteiger partial charge in [-0.15, -0.1) is 0 Å². The van der Waals surface area contributed by atoms with Crippen LogP contribution in [0.2, 0.25) is 5.02 Å². The van der Waals surface area contributed by atoms with E-state index in [9.17, 15) is 4.39 Å². The van der Waals surface area contributed by atoms with Crippen molar-refractivity contribution >= 4 is 22.5 Å². The highest BCUT2D eigenvalue weighted by Gasteiger charge is 2.20. The van der Waals surface area contributed by atoms with Gasteiger partial charge in [-0.2, -0.15) is 0 Å². The second kappa shape index (κ2) is 8.86. The zero-order chi connectivity index (χ0) is 22.1. The van der Waals surface area contributed by atoms with Crippen LogP contribution in [0, 0.1) is 5.82 Å². The lowest BCUT2D eigenvalue weighted by atomic mass is 10.1. The fraction of sp³-hybridized carbons (Fsp3) is 0.250. The van der Waals surface area contributed by atoms with Crippen molar-refractivity contribution in [1.82, 2.24) is 19.4 Å². The van der Waals surface area contributed by atoms with E-state index in [2.05, 4.69) is 20.9 Å². The highest BCUT2D eigenvalue weighted by atomic mass is 35.5. The molecule has 0 unspecified atom stereocenters. The first-order valence-corrected chi connectivity index (χ1v) is 10.7. The zero-order valence-electron chi connectivity index (χ0n) is 17.6. The van der Waals surface area contributed by atoms with Gasteiger partial charge < -0.3 is 14.0 Å². The summed E-state index contributed by atoms with van der Waals surface area (Å²) in [5, 5.41) is 1.40. The predicted molar refractivity (Wildman–Crippen MR) is 121 cm³/mol. The maximum atomic E-state index is 13.6. The van der Waals surface area contributed by atoms with E-state index in [-0.39, 0.29) is 5.82 Å². The Balaban J connectivity index is 1.43. The normalized spacial score (nSPS) is 14.2. The fourth-order valence-corrected chi connectivity index (χ4v) is 4.34. The quantitative estimate of drug-likeness (QED) is 0.437. The molecule has 0 spiro atoms. The van der Waals surface area contributed by atoms with E-state index in [1.54, 1.807) is 13.2 Å². The number of nitrogens with zero attached hydrogens (tertiary/aromatic N) is 4. The Labute approximate surface area is 190 Å². The summed E-state index contributed by atoms with van der Waals surface area (Å²) in [7, 11) is 1.63. The third-order valence-electron chi connectivity index (χ3n) is 5.52. The monoisotopic (exact) mass is 452 g/mol. The molecule has 0 radical (unpaired) electrons. The topological polar surface area (TPSA) is 52.4 Å². The molecule has 0 saturated carbocycles. The summed E-state index contributed by atoms with van der Waals surface area (Å²) < 4.78 is 26.7.